The highest BCUT2D eigenvalue weighted by Gasteiger charge is 2.51. The van der Waals surface area contributed by atoms with Gasteiger partial charge in [-0.2, -0.15) is 0 Å². The van der Waals surface area contributed by atoms with Gasteiger partial charge in [-0.15, -0.1) is 11.3 Å². The summed E-state index contributed by atoms with van der Waals surface area (Å²) >= 11 is 1.32. The quantitative estimate of drug-likeness (QED) is 0.754. The van der Waals surface area contributed by atoms with Crippen LogP contribution in [0.2, 0.25) is 0 Å². The van der Waals surface area contributed by atoms with Gasteiger partial charge in [-0.1, -0.05) is 58.0 Å². The van der Waals surface area contributed by atoms with E-state index in [9.17, 15) is 14.4 Å². The smallest absolute Gasteiger partial charge is 0.319 e. The normalized spacial score (nSPS) is 19.6. The molecular formula is C20H24N4O3S. The molecule has 1 aliphatic heterocycles. The average Bonchev–Trinajstić information content (AvgIpc) is 3.21. The van der Waals surface area contributed by atoms with Gasteiger partial charge in [0.1, 0.15) is 12.1 Å². The van der Waals surface area contributed by atoms with E-state index in [0.717, 1.165) is 10.6 Å². The third kappa shape index (κ3) is 3.64. The second-order valence-electron chi connectivity index (χ2n) is 7.78. The van der Waals surface area contributed by atoms with Crippen LogP contribution < -0.4 is 10.6 Å². The standard InChI is InChI=1S/C20H24N4O3S/c1-5-20(13-9-7-6-8-10-13)16(26)24(18(27)23-20)11-15(25)22-17-21-14(12-28-17)19(2,3)4/h6-10,12H,5,11H2,1-4H3,(H,23,27)(H,21,22,25). The number of carbonyl (C=O) groups excluding carboxylic acids is 3. The molecule has 4 amide bonds. The lowest BCUT2D eigenvalue weighted by molar-refractivity contribution is -0.134. The van der Waals surface area contributed by atoms with Crippen LogP contribution in [-0.2, 0) is 20.5 Å². The van der Waals surface area contributed by atoms with Crippen LogP contribution in [0.3, 0.4) is 0 Å². The Morgan fingerprint density at radius 2 is 1.93 bits per heavy atom. The number of carbonyl (C=O) groups is 3. The first-order valence-electron chi connectivity index (χ1n) is 9.13. The predicted molar refractivity (Wildman–Crippen MR) is 108 cm³/mol. The van der Waals surface area contributed by atoms with E-state index in [1.54, 1.807) is 12.1 Å². The molecular weight excluding hydrogens is 376 g/mol. The number of anilines is 1. The highest BCUT2D eigenvalue weighted by atomic mass is 32.1. The van der Waals surface area contributed by atoms with E-state index in [-0.39, 0.29) is 12.0 Å². The van der Waals surface area contributed by atoms with Gasteiger partial charge in [-0.05, 0) is 12.0 Å². The second kappa shape index (κ2) is 7.35. The van der Waals surface area contributed by atoms with E-state index in [1.165, 1.54) is 11.3 Å². The number of hydrogen-bond donors (Lipinski definition) is 2. The van der Waals surface area contributed by atoms with E-state index in [1.807, 2.05) is 51.3 Å². The van der Waals surface area contributed by atoms with Crippen LogP contribution in [0.25, 0.3) is 0 Å². The highest BCUT2D eigenvalue weighted by Crippen LogP contribution is 2.32. The fraction of sp³-hybridized carbons (Fsp3) is 0.400. The highest BCUT2D eigenvalue weighted by molar-refractivity contribution is 7.13. The molecule has 0 saturated carbocycles. The number of aromatic nitrogens is 1. The van der Waals surface area contributed by atoms with E-state index in [2.05, 4.69) is 15.6 Å². The molecule has 7 nitrogen and oxygen atoms in total. The summed E-state index contributed by atoms with van der Waals surface area (Å²) in [6.45, 7) is 7.58. The molecule has 1 unspecified atom stereocenters. The maximum Gasteiger partial charge on any atom is 0.325 e. The SMILES string of the molecule is CCC1(c2ccccc2)NC(=O)N(CC(=O)Nc2nc(C(C)(C)C)cs2)C1=O. The summed E-state index contributed by atoms with van der Waals surface area (Å²) in [5.74, 6) is -0.880. The molecule has 0 aliphatic carbocycles. The Morgan fingerprint density at radius 1 is 1.25 bits per heavy atom. The van der Waals surface area contributed by atoms with Crippen molar-refractivity contribution in [1.29, 1.82) is 0 Å². The van der Waals surface area contributed by atoms with E-state index in [4.69, 9.17) is 0 Å². The van der Waals surface area contributed by atoms with E-state index in [0.29, 0.717) is 17.1 Å². The number of thiazole rings is 1. The summed E-state index contributed by atoms with van der Waals surface area (Å²) in [6, 6.07) is 8.51. The van der Waals surface area contributed by atoms with Crippen molar-refractivity contribution in [2.75, 3.05) is 11.9 Å². The Kier molecular flexibility index (Phi) is 5.25. The van der Waals surface area contributed by atoms with Crippen molar-refractivity contribution < 1.29 is 14.4 Å². The van der Waals surface area contributed by atoms with Gasteiger partial charge >= 0.3 is 6.03 Å². The van der Waals surface area contributed by atoms with Crippen LogP contribution in [-0.4, -0.2) is 34.3 Å². The lowest BCUT2D eigenvalue weighted by Crippen LogP contribution is -2.44. The van der Waals surface area contributed by atoms with Crippen LogP contribution in [0, 0.1) is 0 Å². The topological polar surface area (TPSA) is 91.4 Å². The van der Waals surface area contributed by atoms with Crippen LogP contribution >= 0.6 is 11.3 Å². The summed E-state index contributed by atoms with van der Waals surface area (Å²) in [7, 11) is 0. The molecule has 1 fully saturated rings. The van der Waals surface area contributed by atoms with Crippen molar-refractivity contribution >= 4 is 34.3 Å². The van der Waals surface area contributed by atoms with Gasteiger partial charge in [0, 0.05) is 10.8 Å². The van der Waals surface area contributed by atoms with Gasteiger partial charge in [0.05, 0.1) is 5.69 Å². The number of nitrogens with zero attached hydrogens (tertiary/aromatic N) is 2. The van der Waals surface area contributed by atoms with Crippen molar-refractivity contribution in [1.82, 2.24) is 15.2 Å². The molecule has 148 valence electrons. The molecule has 1 atom stereocenters. The van der Waals surface area contributed by atoms with Gasteiger partial charge in [-0.3, -0.25) is 14.5 Å². The van der Waals surface area contributed by atoms with Gasteiger partial charge < -0.3 is 10.6 Å². The van der Waals surface area contributed by atoms with Gasteiger partial charge in [0.15, 0.2) is 5.13 Å². The molecule has 2 heterocycles. The second-order valence-corrected chi connectivity index (χ2v) is 8.64. The number of rotatable bonds is 5. The fourth-order valence-electron chi connectivity index (χ4n) is 3.11. The Bertz CT molecular complexity index is 904. The molecule has 3 rings (SSSR count). The first-order chi connectivity index (χ1) is 13.2. The predicted octanol–water partition coefficient (Wildman–Crippen LogP) is 3.24. The van der Waals surface area contributed by atoms with Crippen molar-refractivity contribution in [2.45, 2.75) is 45.1 Å². The summed E-state index contributed by atoms with van der Waals surface area (Å²) in [5.41, 5.74) is 0.310. The summed E-state index contributed by atoms with van der Waals surface area (Å²) in [6.07, 6.45) is 0.390. The molecule has 1 aliphatic rings. The molecule has 0 spiro atoms. The Hall–Kier alpha value is -2.74. The van der Waals surface area contributed by atoms with E-state index < -0.39 is 23.4 Å². The van der Waals surface area contributed by atoms with Crippen molar-refractivity contribution in [3.05, 3.63) is 47.0 Å². The van der Waals surface area contributed by atoms with Crippen molar-refractivity contribution in [3.63, 3.8) is 0 Å². The molecule has 1 saturated heterocycles. The molecule has 1 aromatic carbocycles. The first-order valence-corrected chi connectivity index (χ1v) is 10.0. The number of benzene rings is 1. The third-order valence-corrected chi connectivity index (χ3v) is 5.55. The Labute approximate surface area is 168 Å². The van der Waals surface area contributed by atoms with Gasteiger partial charge in [-0.25, -0.2) is 9.78 Å². The molecule has 0 bridgehead atoms. The van der Waals surface area contributed by atoms with Crippen LogP contribution in [0.15, 0.2) is 35.7 Å². The minimum atomic E-state index is -1.14. The number of hydrogen-bond acceptors (Lipinski definition) is 5. The van der Waals surface area contributed by atoms with Crippen LogP contribution in [0.5, 0.6) is 0 Å². The zero-order valence-electron chi connectivity index (χ0n) is 16.4. The summed E-state index contributed by atoms with van der Waals surface area (Å²) < 4.78 is 0. The number of amides is 4. The zero-order chi connectivity index (χ0) is 20.5. The maximum atomic E-state index is 13.0. The van der Waals surface area contributed by atoms with Gasteiger partial charge in [0.2, 0.25) is 5.91 Å². The molecule has 28 heavy (non-hydrogen) atoms. The average molecular weight is 401 g/mol. The van der Waals surface area contributed by atoms with Gasteiger partial charge in [0.25, 0.3) is 5.91 Å². The van der Waals surface area contributed by atoms with Crippen LogP contribution in [0.1, 0.15) is 45.4 Å². The summed E-state index contributed by atoms with van der Waals surface area (Å²) in [4.78, 5) is 43.3. The Morgan fingerprint density at radius 3 is 2.50 bits per heavy atom. The molecule has 0 radical (unpaired) electrons. The summed E-state index contributed by atoms with van der Waals surface area (Å²) in [5, 5.41) is 7.79. The molecule has 1 aromatic heterocycles. The minimum absolute atomic E-state index is 0.124. The number of urea groups is 1. The maximum absolute atomic E-state index is 13.0. The fourth-order valence-corrected chi connectivity index (χ4v) is 4.06. The number of imide groups is 1. The monoisotopic (exact) mass is 400 g/mol. The van der Waals surface area contributed by atoms with E-state index >= 15 is 0 Å². The number of nitrogens with one attached hydrogen (secondary N) is 2. The zero-order valence-corrected chi connectivity index (χ0v) is 17.2. The molecule has 8 heteroatoms. The molecule has 2 aromatic rings. The largest absolute Gasteiger partial charge is 0.325 e. The third-order valence-electron chi connectivity index (χ3n) is 4.79. The lowest BCUT2D eigenvalue weighted by atomic mass is 9.87. The first kappa shape index (κ1) is 20.0. The van der Waals surface area contributed by atoms with Crippen LogP contribution in [0.4, 0.5) is 9.93 Å². The van der Waals surface area contributed by atoms with Crippen molar-refractivity contribution in [3.8, 4) is 0 Å². The van der Waals surface area contributed by atoms with Crippen molar-refractivity contribution in [2.24, 2.45) is 0 Å². The lowest BCUT2D eigenvalue weighted by Gasteiger charge is -2.25. The minimum Gasteiger partial charge on any atom is -0.319 e. The Balaban J connectivity index is 1.74. The molecule has 2 N–H and O–H groups in total.